The zero-order chi connectivity index (χ0) is 14.7. The Morgan fingerprint density at radius 1 is 1.45 bits per heavy atom. The predicted octanol–water partition coefficient (Wildman–Crippen LogP) is 1.03. The van der Waals surface area contributed by atoms with E-state index in [9.17, 15) is 14.7 Å². The van der Waals surface area contributed by atoms with E-state index < -0.39 is 12.0 Å². The van der Waals surface area contributed by atoms with Gasteiger partial charge < -0.3 is 15.3 Å². The lowest BCUT2D eigenvalue weighted by atomic mass is 10.2. The summed E-state index contributed by atoms with van der Waals surface area (Å²) in [6.07, 6.45) is 3.02. The van der Waals surface area contributed by atoms with Crippen LogP contribution in [0.15, 0.2) is 0 Å². The van der Waals surface area contributed by atoms with Gasteiger partial charge in [0.2, 0.25) is 0 Å². The number of likely N-dealkylation sites (N-methyl/N-ethyl adjacent to an activating group) is 1. The standard InChI is InChI=1S/C13H23N3O3S/c1-3-11-16(10(8-20-11)12(17)18)13(19)14-7-9-5-4-6-15(9)2/h9-11H,3-8H2,1-2H3,(H,14,19)(H,17,18). The highest BCUT2D eigenvalue weighted by molar-refractivity contribution is 8.00. The van der Waals surface area contributed by atoms with E-state index >= 15 is 0 Å². The van der Waals surface area contributed by atoms with Crippen molar-refractivity contribution in [3.63, 3.8) is 0 Å². The number of likely N-dealkylation sites (tertiary alicyclic amines) is 1. The molecule has 2 aliphatic heterocycles. The van der Waals surface area contributed by atoms with Gasteiger partial charge in [-0.05, 0) is 32.9 Å². The molecule has 2 fully saturated rings. The number of carboxylic acids is 1. The Morgan fingerprint density at radius 2 is 2.20 bits per heavy atom. The third-order valence-corrected chi connectivity index (χ3v) is 5.58. The largest absolute Gasteiger partial charge is 0.480 e. The molecule has 0 radical (unpaired) electrons. The van der Waals surface area contributed by atoms with Gasteiger partial charge in [0, 0.05) is 18.3 Å². The molecule has 2 heterocycles. The van der Waals surface area contributed by atoms with Crippen molar-refractivity contribution in [1.29, 1.82) is 0 Å². The van der Waals surface area contributed by atoms with Gasteiger partial charge in [-0.25, -0.2) is 9.59 Å². The van der Waals surface area contributed by atoms with Crippen LogP contribution in [-0.2, 0) is 4.79 Å². The Hall–Kier alpha value is -0.950. The molecule has 0 aromatic carbocycles. The number of thioether (sulfide) groups is 1. The van der Waals surface area contributed by atoms with E-state index in [4.69, 9.17) is 0 Å². The molecule has 0 aromatic heterocycles. The first kappa shape index (κ1) is 15.4. The van der Waals surface area contributed by atoms with Crippen molar-refractivity contribution in [2.45, 2.75) is 43.6 Å². The molecular formula is C13H23N3O3S. The molecule has 3 atom stereocenters. The number of rotatable bonds is 4. The Kier molecular flexibility index (Phi) is 5.15. The fourth-order valence-corrected chi connectivity index (χ4v) is 4.22. The van der Waals surface area contributed by atoms with E-state index in [1.54, 1.807) is 11.8 Å². The van der Waals surface area contributed by atoms with Crippen LogP contribution in [0.5, 0.6) is 0 Å². The molecule has 6 nitrogen and oxygen atoms in total. The zero-order valence-corrected chi connectivity index (χ0v) is 12.9. The van der Waals surface area contributed by atoms with E-state index in [-0.39, 0.29) is 11.4 Å². The van der Waals surface area contributed by atoms with Crippen molar-refractivity contribution in [1.82, 2.24) is 15.1 Å². The Bertz CT molecular complexity index is 380. The number of amides is 2. The minimum Gasteiger partial charge on any atom is -0.480 e. The van der Waals surface area contributed by atoms with Crippen molar-refractivity contribution in [3.05, 3.63) is 0 Å². The molecule has 0 spiro atoms. The molecule has 2 rings (SSSR count). The Morgan fingerprint density at radius 3 is 2.75 bits per heavy atom. The lowest BCUT2D eigenvalue weighted by Crippen LogP contribution is -2.52. The van der Waals surface area contributed by atoms with Crippen LogP contribution in [0.25, 0.3) is 0 Å². The fraction of sp³-hybridized carbons (Fsp3) is 0.846. The van der Waals surface area contributed by atoms with E-state index in [0.717, 1.165) is 25.8 Å². The van der Waals surface area contributed by atoms with Crippen LogP contribution in [0.4, 0.5) is 4.79 Å². The highest BCUT2D eigenvalue weighted by Gasteiger charge is 2.41. The third-order valence-electron chi connectivity index (χ3n) is 4.12. The van der Waals surface area contributed by atoms with Crippen LogP contribution >= 0.6 is 11.8 Å². The number of carbonyl (C=O) groups excluding carboxylic acids is 1. The maximum atomic E-state index is 12.3. The molecular weight excluding hydrogens is 278 g/mol. The van der Waals surface area contributed by atoms with E-state index in [2.05, 4.69) is 17.3 Å². The number of aliphatic carboxylic acids is 1. The molecule has 0 aromatic rings. The lowest BCUT2D eigenvalue weighted by Gasteiger charge is -2.28. The van der Waals surface area contributed by atoms with Gasteiger partial charge in [0.25, 0.3) is 0 Å². The lowest BCUT2D eigenvalue weighted by molar-refractivity contribution is -0.141. The number of nitrogens with zero attached hydrogens (tertiary/aromatic N) is 2. The fourth-order valence-electron chi connectivity index (χ4n) is 2.87. The van der Waals surface area contributed by atoms with Crippen LogP contribution in [0, 0.1) is 0 Å². The number of nitrogens with one attached hydrogen (secondary N) is 1. The highest BCUT2D eigenvalue weighted by Crippen LogP contribution is 2.31. The minimum atomic E-state index is -0.915. The van der Waals surface area contributed by atoms with Crippen molar-refractivity contribution >= 4 is 23.8 Å². The smallest absolute Gasteiger partial charge is 0.327 e. The summed E-state index contributed by atoms with van der Waals surface area (Å²) in [5.41, 5.74) is 0. The van der Waals surface area contributed by atoms with Crippen LogP contribution in [-0.4, -0.2) is 70.3 Å². The number of carbonyl (C=O) groups is 2. The van der Waals surface area contributed by atoms with Crippen LogP contribution in [0.3, 0.4) is 0 Å². The van der Waals surface area contributed by atoms with Gasteiger partial charge in [0.05, 0.1) is 5.37 Å². The molecule has 114 valence electrons. The maximum absolute atomic E-state index is 12.3. The first-order chi connectivity index (χ1) is 9.54. The monoisotopic (exact) mass is 301 g/mol. The molecule has 2 aliphatic rings. The molecule has 7 heteroatoms. The predicted molar refractivity (Wildman–Crippen MR) is 78.9 cm³/mol. The average molecular weight is 301 g/mol. The topological polar surface area (TPSA) is 72.9 Å². The van der Waals surface area contributed by atoms with Crippen LogP contribution in [0.1, 0.15) is 26.2 Å². The van der Waals surface area contributed by atoms with Crippen molar-refractivity contribution in [3.8, 4) is 0 Å². The summed E-state index contributed by atoms with van der Waals surface area (Å²) in [7, 11) is 2.06. The zero-order valence-electron chi connectivity index (χ0n) is 12.0. The summed E-state index contributed by atoms with van der Waals surface area (Å²) < 4.78 is 0. The molecule has 3 unspecified atom stereocenters. The summed E-state index contributed by atoms with van der Waals surface area (Å²) >= 11 is 1.55. The summed E-state index contributed by atoms with van der Waals surface area (Å²) in [6.45, 7) is 3.64. The molecule has 20 heavy (non-hydrogen) atoms. The second-order valence-electron chi connectivity index (χ2n) is 5.42. The molecule has 0 bridgehead atoms. The van der Waals surface area contributed by atoms with E-state index in [0.29, 0.717) is 18.3 Å². The molecule has 2 N–H and O–H groups in total. The number of hydrogen-bond donors (Lipinski definition) is 2. The molecule has 0 saturated carbocycles. The number of urea groups is 1. The van der Waals surface area contributed by atoms with Gasteiger partial charge in [-0.1, -0.05) is 6.92 Å². The average Bonchev–Trinajstić information content (AvgIpc) is 3.01. The van der Waals surface area contributed by atoms with E-state index in [1.807, 2.05) is 6.92 Å². The first-order valence-corrected chi connectivity index (χ1v) is 8.20. The molecule has 2 amide bonds. The van der Waals surface area contributed by atoms with Crippen molar-refractivity contribution in [2.75, 3.05) is 25.9 Å². The molecule has 0 aliphatic carbocycles. The minimum absolute atomic E-state index is 0.0302. The number of carboxylic acid groups (broad SMARTS) is 1. The van der Waals surface area contributed by atoms with Gasteiger partial charge >= 0.3 is 12.0 Å². The first-order valence-electron chi connectivity index (χ1n) is 7.15. The third kappa shape index (κ3) is 3.20. The van der Waals surface area contributed by atoms with Crippen LogP contribution in [0.2, 0.25) is 0 Å². The normalized spacial score (nSPS) is 30.7. The Labute approximate surface area is 123 Å². The maximum Gasteiger partial charge on any atom is 0.327 e. The Balaban J connectivity index is 1.93. The van der Waals surface area contributed by atoms with Gasteiger partial charge in [-0.2, -0.15) is 0 Å². The van der Waals surface area contributed by atoms with Gasteiger partial charge in [0.15, 0.2) is 0 Å². The summed E-state index contributed by atoms with van der Waals surface area (Å²) in [6, 6.07) is -0.571. The number of hydrogen-bond acceptors (Lipinski definition) is 4. The summed E-state index contributed by atoms with van der Waals surface area (Å²) in [4.78, 5) is 27.3. The van der Waals surface area contributed by atoms with Gasteiger partial charge in [-0.15, -0.1) is 11.8 Å². The van der Waals surface area contributed by atoms with Crippen LogP contribution < -0.4 is 5.32 Å². The second kappa shape index (κ2) is 6.67. The molecule has 2 saturated heterocycles. The summed E-state index contributed by atoms with van der Waals surface area (Å²) in [5.74, 6) is -0.438. The van der Waals surface area contributed by atoms with E-state index in [1.165, 1.54) is 4.90 Å². The summed E-state index contributed by atoms with van der Waals surface area (Å²) in [5, 5.41) is 12.1. The highest BCUT2D eigenvalue weighted by atomic mass is 32.2. The van der Waals surface area contributed by atoms with Crippen molar-refractivity contribution < 1.29 is 14.7 Å². The van der Waals surface area contributed by atoms with Crippen molar-refractivity contribution in [2.24, 2.45) is 0 Å². The second-order valence-corrected chi connectivity index (χ2v) is 6.63. The quantitative estimate of drug-likeness (QED) is 0.811. The van der Waals surface area contributed by atoms with Gasteiger partial charge in [0.1, 0.15) is 6.04 Å². The van der Waals surface area contributed by atoms with Gasteiger partial charge in [-0.3, -0.25) is 4.90 Å². The SMILES string of the molecule is CCC1SCC(C(=O)O)N1C(=O)NCC1CCCN1C.